The Bertz CT molecular complexity index is 2240. The Morgan fingerprint density at radius 1 is 0.434 bits per heavy atom. The molecule has 4 heteroatoms. The average Bonchev–Trinajstić information content (AvgIpc) is 3.16. The lowest BCUT2D eigenvalue weighted by atomic mass is 9.34. The molecule has 7 aromatic carbocycles. The quantitative estimate of drug-likeness (QED) is 0.128. The molecule has 0 saturated heterocycles. The molecule has 0 aliphatic carbocycles. The smallest absolute Gasteiger partial charge is 0.260 e. The van der Waals surface area contributed by atoms with E-state index in [1.54, 1.807) is 0 Å². The lowest BCUT2D eigenvalue weighted by molar-refractivity contribution is 0.460. The highest BCUT2D eigenvalue weighted by Gasteiger charge is 2.44. The molecule has 53 heavy (non-hydrogen) atoms. The fourth-order valence-corrected chi connectivity index (χ4v) is 8.09. The minimum atomic E-state index is -0.111. The van der Waals surface area contributed by atoms with Crippen LogP contribution in [0.25, 0.3) is 0 Å². The second kappa shape index (κ2) is 12.9. The second-order valence-corrected chi connectivity index (χ2v) is 15.0. The molecule has 7 aromatic rings. The van der Waals surface area contributed by atoms with Crippen LogP contribution >= 0.6 is 0 Å². The first-order valence-electron chi connectivity index (χ1n) is 18.6. The number of rotatable bonds is 6. The van der Waals surface area contributed by atoms with Crippen molar-refractivity contribution >= 4 is 40.2 Å². The predicted octanol–water partition coefficient (Wildman–Crippen LogP) is 10.9. The van der Waals surface area contributed by atoms with Crippen LogP contribution in [0, 0.1) is 41.5 Å². The van der Waals surface area contributed by atoms with E-state index in [4.69, 9.17) is 9.47 Å². The van der Waals surface area contributed by atoms with Crippen LogP contribution in [-0.2, 0) is 0 Å². The maximum absolute atomic E-state index is 7.21. The first-order chi connectivity index (χ1) is 25.7. The molecule has 9 rings (SSSR count). The monoisotopic (exact) mass is 687 g/mol. The van der Waals surface area contributed by atoms with Gasteiger partial charge in [0.2, 0.25) is 0 Å². The summed E-state index contributed by atoms with van der Waals surface area (Å²) in [5.41, 5.74) is 17.3. The van der Waals surface area contributed by atoms with Crippen molar-refractivity contribution in [3.05, 3.63) is 190 Å². The molecule has 0 fully saturated rings. The van der Waals surface area contributed by atoms with Crippen molar-refractivity contribution in [2.75, 3.05) is 4.90 Å². The number of hydrogen-bond acceptors (Lipinski definition) is 3. The van der Waals surface area contributed by atoms with Gasteiger partial charge < -0.3 is 14.4 Å². The van der Waals surface area contributed by atoms with Gasteiger partial charge in [-0.2, -0.15) is 0 Å². The van der Waals surface area contributed by atoms with Crippen LogP contribution in [0.4, 0.5) is 17.1 Å². The molecule has 3 nitrogen and oxygen atoms in total. The molecular formula is C49H42BNO2. The third-order valence-electron chi connectivity index (χ3n) is 10.9. The highest BCUT2D eigenvalue weighted by atomic mass is 16.5. The molecule has 0 bridgehead atoms. The number of ether oxygens (including phenoxy) is 2. The number of anilines is 3. The lowest BCUT2D eigenvalue weighted by Gasteiger charge is -2.39. The van der Waals surface area contributed by atoms with Gasteiger partial charge in [-0.1, -0.05) is 130 Å². The molecule has 0 unspecified atom stereocenters. The van der Waals surface area contributed by atoms with Crippen molar-refractivity contribution in [1.82, 2.24) is 0 Å². The first-order valence-corrected chi connectivity index (χ1v) is 18.6. The molecule has 0 amide bonds. The zero-order chi connectivity index (χ0) is 36.4. The minimum Gasteiger partial charge on any atom is -0.458 e. The van der Waals surface area contributed by atoms with Crippen molar-refractivity contribution in [3.63, 3.8) is 0 Å². The van der Waals surface area contributed by atoms with Crippen molar-refractivity contribution < 1.29 is 9.47 Å². The predicted molar refractivity (Wildman–Crippen MR) is 221 cm³/mol. The van der Waals surface area contributed by atoms with Gasteiger partial charge >= 0.3 is 0 Å². The third-order valence-corrected chi connectivity index (χ3v) is 10.9. The van der Waals surface area contributed by atoms with Gasteiger partial charge in [0.15, 0.2) is 0 Å². The van der Waals surface area contributed by atoms with Crippen LogP contribution in [0.5, 0.6) is 23.0 Å². The van der Waals surface area contributed by atoms with E-state index in [1.807, 2.05) is 0 Å². The van der Waals surface area contributed by atoms with Crippen molar-refractivity contribution in [1.29, 1.82) is 0 Å². The van der Waals surface area contributed by atoms with Gasteiger partial charge in [-0.05, 0) is 106 Å². The van der Waals surface area contributed by atoms with Gasteiger partial charge in [0.1, 0.15) is 23.0 Å². The van der Waals surface area contributed by atoms with Crippen LogP contribution < -0.4 is 30.8 Å². The fraction of sp³-hybridized carbons (Fsp3) is 0.143. The zero-order valence-corrected chi connectivity index (χ0v) is 31.2. The van der Waals surface area contributed by atoms with E-state index in [2.05, 4.69) is 186 Å². The standard InChI is InChI=1S/C49H42BNO2/c1-30-7-17-36(18-8-30)46(37-19-9-31(2)10-20-37)40-29-43(51(38-21-11-32(3)12-22-38)39-23-13-33(4)14-24-39)49-47-48(40)52-44-25-15-34(5)27-41(44)50(47)42-28-35(6)16-26-45(42)53-49/h7-29,46H,1-6H3. The third kappa shape index (κ3) is 5.79. The summed E-state index contributed by atoms with van der Waals surface area (Å²) in [4.78, 5) is 2.36. The van der Waals surface area contributed by atoms with E-state index in [-0.39, 0.29) is 12.6 Å². The van der Waals surface area contributed by atoms with Crippen LogP contribution in [0.15, 0.2) is 140 Å². The Hall–Kier alpha value is -6.00. The van der Waals surface area contributed by atoms with Gasteiger partial charge in [0.05, 0.1) is 5.69 Å². The van der Waals surface area contributed by atoms with Crippen LogP contribution in [0.1, 0.15) is 56.0 Å². The van der Waals surface area contributed by atoms with Gasteiger partial charge in [-0.3, -0.25) is 0 Å². The maximum atomic E-state index is 7.21. The van der Waals surface area contributed by atoms with Gasteiger partial charge in [0.25, 0.3) is 6.71 Å². The molecule has 0 atom stereocenters. The normalized spacial score (nSPS) is 12.4. The van der Waals surface area contributed by atoms with E-state index in [0.717, 1.165) is 62.0 Å². The molecular weight excluding hydrogens is 645 g/mol. The number of aryl methyl sites for hydroxylation is 6. The van der Waals surface area contributed by atoms with Crippen molar-refractivity contribution in [3.8, 4) is 23.0 Å². The summed E-state index contributed by atoms with van der Waals surface area (Å²) < 4.78 is 14.4. The molecule has 0 saturated carbocycles. The van der Waals surface area contributed by atoms with Crippen LogP contribution in [0.2, 0.25) is 0 Å². The highest BCUT2D eigenvalue weighted by Crippen LogP contribution is 2.50. The number of benzene rings is 7. The summed E-state index contributed by atoms with van der Waals surface area (Å²) in [6.45, 7) is 12.8. The number of nitrogens with zero attached hydrogens (tertiary/aromatic N) is 1. The average molecular weight is 688 g/mol. The summed E-state index contributed by atoms with van der Waals surface area (Å²) in [6, 6.07) is 51.1. The lowest BCUT2D eigenvalue weighted by Crippen LogP contribution is -2.58. The summed E-state index contributed by atoms with van der Waals surface area (Å²) >= 11 is 0. The van der Waals surface area contributed by atoms with Crippen molar-refractivity contribution in [2.45, 2.75) is 47.5 Å². The second-order valence-electron chi connectivity index (χ2n) is 15.0. The van der Waals surface area contributed by atoms with E-state index < -0.39 is 0 Å². The first kappa shape index (κ1) is 32.9. The van der Waals surface area contributed by atoms with E-state index in [0.29, 0.717) is 0 Å². The maximum Gasteiger partial charge on any atom is 0.260 e. The zero-order valence-electron chi connectivity index (χ0n) is 31.2. The molecule has 0 radical (unpaired) electrons. The molecule has 2 heterocycles. The highest BCUT2D eigenvalue weighted by molar-refractivity contribution is 6.98. The molecule has 2 aliphatic rings. The Kier molecular flexibility index (Phi) is 8.00. The van der Waals surface area contributed by atoms with E-state index >= 15 is 0 Å². The molecule has 0 spiro atoms. The van der Waals surface area contributed by atoms with Crippen LogP contribution in [0.3, 0.4) is 0 Å². The number of hydrogen-bond donors (Lipinski definition) is 0. The number of fused-ring (bicyclic) bond motifs is 4. The topological polar surface area (TPSA) is 21.7 Å². The van der Waals surface area contributed by atoms with Gasteiger partial charge in [-0.15, -0.1) is 0 Å². The van der Waals surface area contributed by atoms with E-state index in [1.165, 1.54) is 44.5 Å². The Labute approximate surface area is 313 Å². The Morgan fingerprint density at radius 2 is 0.830 bits per heavy atom. The summed E-state index contributed by atoms with van der Waals surface area (Å²) in [7, 11) is 0. The van der Waals surface area contributed by atoms with Gasteiger partial charge in [0, 0.05) is 28.3 Å². The minimum absolute atomic E-state index is 0.0828. The fourth-order valence-electron chi connectivity index (χ4n) is 8.09. The Balaban J connectivity index is 1.42. The SMILES string of the molecule is Cc1ccc(C(c2ccc(C)cc2)c2cc(N(c3ccc(C)cc3)c3ccc(C)cc3)c3c4c2Oc2ccc(C)cc2B4c2cc(C)ccc2O3)cc1. The molecule has 0 N–H and O–H groups in total. The summed E-state index contributed by atoms with van der Waals surface area (Å²) in [5, 5.41) is 0. The molecule has 2 aliphatic heterocycles. The van der Waals surface area contributed by atoms with Crippen molar-refractivity contribution in [2.24, 2.45) is 0 Å². The summed E-state index contributed by atoms with van der Waals surface area (Å²) in [6.07, 6.45) is 0. The molecule has 0 aromatic heterocycles. The van der Waals surface area contributed by atoms with Crippen LogP contribution in [-0.4, -0.2) is 6.71 Å². The van der Waals surface area contributed by atoms with Gasteiger partial charge in [-0.25, -0.2) is 0 Å². The molecule has 258 valence electrons. The van der Waals surface area contributed by atoms with E-state index in [9.17, 15) is 0 Å². The largest absolute Gasteiger partial charge is 0.458 e. The Morgan fingerprint density at radius 3 is 1.28 bits per heavy atom. The summed E-state index contributed by atoms with van der Waals surface area (Å²) in [5.74, 6) is 3.35.